The van der Waals surface area contributed by atoms with Crippen molar-refractivity contribution in [2.24, 2.45) is 0 Å². The standard InChI is InChI=1S/C36H74O/c1-5-8-10-12-14-16-18-20-22-24-26-28-30-32-34-36(4,37-7-3)35-33-31-29-27-25-23-21-19-17-15-13-11-9-6-2/h5-35H2,1-4H3. The Balaban J connectivity index is 3.52. The molecule has 0 spiro atoms. The van der Waals surface area contributed by atoms with E-state index in [4.69, 9.17) is 4.74 Å². The van der Waals surface area contributed by atoms with Crippen molar-refractivity contribution in [3.05, 3.63) is 0 Å². The molecule has 0 aliphatic carbocycles. The lowest BCUT2D eigenvalue weighted by molar-refractivity contribution is -0.0403. The van der Waals surface area contributed by atoms with Crippen LogP contribution in [-0.2, 0) is 4.74 Å². The number of rotatable bonds is 32. The second-order valence-electron chi connectivity index (χ2n) is 12.6. The lowest BCUT2D eigenvalue weighted by Crippen LogP contribution is -2.28. The minimum Gasteiger partial charge on any atom is -0.376 e. The molecule has 0 aliphatic rings. The van der Waals surface area contributed by atoms with E-state index in [0.717, 1.165) is 6.61 Å². The molecule has 0 saturated carbocycles. The van der Waals surface area contributed by atoms with Crippen LogP contribution in [0.3, 0.4) is 0 Å². The molecule has 0 aromatic rings. The summed E-state index contributed by atoms with van der Waals surface area (Å²) in [6.07, 6.45) is 42.8. The van der Waals surface area contributed by atoms with Crippen LogP contribution in [-0.4, -0.2) is 12.2 Å². The third kappa shape index (κ3) is 28.8. The van der Waals surface area contributed by atoms with Crippen LogP contribution in [0.4, 0.5) is 0 Å². The summed E-state index contributed by atoms with van der Waals surface area (Å²) in [6, 6.07) is 0. The van der Waals surface area contributed by atoms with Gasteiger partial charge >= 0.3 is 0 Å². The summed E-state index contributed by atoms with van der Waals surface area (Å²) >= 11 is 0. The van der Waals surface area contributed by atoms with Gasteiger partial charge in [-0.2, -0.15) is 0 Å². The topological polar surface area (TPSA) is 9.23 Å². The molecule has 0 fully saturated rings. The van der Waals surface area contributed by atoms with E-state index in [1.807, 2.05) is 0 Å². The summed E-state index contributed by atoms with van der Waals surface area (Å²) in [5.41, 5.74) is 0.128. The Labute approximate surface area is 237 Å². The Morgan fingerprint density at radius 3 is 0.757 bits per heavy atom. The van der Waals surface area contributed by atoms with Crippen LogP contribution in [0.5, 0.6) is 0 Å². The summed E-state index contributed by atoms with van der Waals surface area (Å²) in [5, 5.41) is 0. The van der Waals surface area contributed by atoms with Gasteiger partial charge in [-0.15, -0.1) is 0 Å². The molecule has 1 nitrogen and oxygen atoms in total. The van der Waals surface area contributed by atoms with Gasteiger partial charge in [0.15, 0.2) is 0 Å². The van der Waals surface area contributed by atoms with Gasteiger partial charge in [-0.3, -0.25) is 0 Å². The second kappa shape index (κ2) is 30.5. The summed E-state index contributed by atoms with van der Waals surface area (Å²) in [4.78, 5) is 0. The van der Waals surface area contributed by atoms with Crippen molar-refractivity contribution in [2.45, 2.75) is 226 Å². The fraction of sp³-hybridized carbons (Fsp3) is 1.00. The van der Waals surface area contributed by atoms with Crippen LogP contribution < -0.4 is 0 Å². The van der Waals surface area contributed by atoms with Crippen LogP contribution in [0.1, 0.15) is 220 Å². The summed E-state index contributed by atoms with van der Waals surface area (Å²) in [7, 11) is 0. The average molecular weight is 523 g/mol. The van der Waals surface area contributed by atoms with Crippen molar-refractivity contribution in [1.82, 2.24) is 0 Å². The lowest BCUT2D eigenvalue weighted by Gasteiger charge is -2.30. The molecule has 0 atom stereocenters. The van der Waals surface area contributed by atoms with E-state index in [-0.39, 0.29) is 5.60 Å². The molecule has 1 heteroatoms. The predicted octanol–water partition coefficient (Wildman–Crippen LogP) is 13.5. The maximum Gasteiger partial charge on any atom is 0.0654 e. The van der Waals surface area contributed by atoms with E-state index < -0.39 is 0 Å². The summed E-state index contributed by atoms with van der Waals surface area (Å²) < 4.78 is 6.26. The van der Waals surface area contributed by atoms with Crippen LogP contribution in [0.25, 0.3) is 0 Å². The Morgan fingerprint density at radius 1 is 0.324 bits per heavy atom. The second-order valence-corrected chi connectivity index (χ2v) is 12.6. The molecular weight excluding hydrogens is 448 g/mol. The smallest absolute Gasteiger partial charge is 0.0654 e. The number of unbranched alkanes of at least 4 members (excludes halogenated alkanes) is 26. The van der Waals surface area contributed by atoms with Gasteiger partial charge in [0.2, 0.25) is 0 Å². The molecule has 0 aromatic carbocycles. The maximum absolute atomic E-state index is 6.26. The summed E-state index contributed by atoms with van der Waals surface area (Å²) in [6.45, 7) is 10.0. The molecule has 0 bridgehead atoms. The quantitative estimate of drug-likeness (QED) is 0.0798. The molecule has 0 radical (unpaired) electrons. The zero-order chi connectivity index (χ0) is 27.1. The normalized spacial score (nSPS) is 12.0. The van der Waals surface area contributed by atoms with Gasteiger partial charge in [0.1, 0.15) is 0 Å². The van der Waals surface area contributed by atoms with Crippen LogP contribution >= 0.6 is 0 Å². The Bertz CT molecular complexity index is 371. The van der Waals surface area contributed by atoms with Gasteiger partial charge in [0.05, 0.1) is 5.60 Å². The minimum absolute atomic E-state index is 0.128. The highest BCUT2D eigenvalue weighted by Crippen LogP contribution is 2.27. The number of hydrogen-bond acceptors (Lipinski definition) is 1. The van der Waals surface area contributed by atoms with E-state index in [0.29, 0.717) is 0 Å². The molecule has 0 aliphatic heterocycles. The minimum atomic E-state index is 0.128. The fourth-order valence-electron chi connectivity index (χ4n) is 6.00. The lowest BCUT2D eigenvalue weighted by atomic mass is 9.91. The summed E-state index contributed by atoms with van der Waals surface area (Å²) in [5.74, 6) is 0. The first-order chi connectivity index (χ1) is 18.2. The van der Waals surface area contributed by atoms with Crippen LogP contribution in [0.2, 0.25) is 0 Å². The molecule has 0 heterocycles. The van der Waals surface area contributed by atoms with E-state index in [2.05, 4.69) is 27.7 Å². The van der Waals surface area contributed by atoms with Crippen molar-refractivity contribution in [1.29, 1.82) is 0 Å². The van der Waals surface area contributed by atoms with Gasteiger partial charge in [0.25, 0.3) is 0 Å². The highest BCUT2D eigenvalue weighted by molar-refractivity contribution is 4.75. The van der Waals surface area contributed by atoms with Crippen molar-refractivity contribution < 1.29 is 4.74 Å². The van der Waals surface area contributed by atoms with Gasteiger partial charge in [-0.05, 0) is 26.7 Å². The molecule has 0 amide bonds. The van der Waals surface area contributed by atoms with Crippen LogP contribution in [0.15, 0.2) is 0 Å². The Morgan fingerprint density at radius 2 is 0.541 bits per heavy atom. The Hall–Kier alpha value is -0.0400. The first kappa shape index (κ1) is 37.0. The van der Waals surface area contributed by atoms with Gasteiger partial charge in [-0.25, -0.2) is 0 Å². The Kier molecular flexibility index (Phi) is 30.5. The van der Waals surface area contributed by atoms with Crippen LogP contribution in [0, 0.1) is 0 Å². The molecule has 0 saturated heterocycles. The largest absolute Gasteiger partial charge is 0.376 e. The zero-order valence-corrected chi connectivity index (χ0v) is 26.8. The van der Waals surface area contributed by atoms with Gasteiger partial charge < -0.3 is 4.74 Å². The average Bonchev–Trinajstić information content (AvgIpc) is 2.89. The SMILES string of the molecule is CCCCCCCCCCCCCCCCC(C)(CCCCCCCCCCCCCCCC)OCC. The zero-order valence-electron chi connectivity index (χ0n) is 26.8. The molecule has 0 unspecified atom stereocenters. The monoisotopic (exact) mass is 523 g/mol. The highest BCUT2D eigenvalue weighted by Gasteiger charge is 2.23. The first-order valence-corrected chi connectivity index (χ1v) is 17.8. The van der Waals surface area contributed by atoms with Crippen molar-refractivity contribution >= 4 is 0 Å². The van der Waals surface area contributed by atoms with Crippen molar-refractivity contribution in [3.63, 3.8) is 0 Å². The van der Waals surface area contributed by atoms with Crippen molar-refractivity contribution in [3.8, 4) is 0 Å². The third-order valence-corrected chi connectivity index (χ3v) is 8.61. The first-order valence-electron chi connectivity index (χ1n) is 17.8. The van der Waals surface area contributed by atoms with E-state index in [1.165, 1.54) is 193 Å². The van der Waals surface area contributed by atoms with Crippen molar-refractivity contribution in [2.75, 3.05) is 6.61 Å². The molecule has 0 aromatic heterocycles. The molecule has 37 heavy (non-hydrogen) atoms. The third-order valence-electron chi connectivity index (χ3n) is 8.61. The van der Waals surface area contributed by atoms with E-state index >= 15 is 0 Å². The molecule has 0 rings (SSSR count). The van der Waals surface area contributed by atoms with E-state index in [9.17, 15) is 0 Å². The predicted molar refractivity (Wildman–Crippen MR) is 170 cm³/mol. The number of ether oxygens (including phenoxy) is 1. The molecule has 224 valence electrons. The van der Waals surface area contributed by atoms with Gasteiger partial charge in [-0.1, -0.05) is 194 Å². The maximum atomic E-state index is 6.26. The van der Waals surface area contributed by atoms with Gasteiger partial charge in [0, 0.05) is 6.61 Å². The molecular formula is C36H74O. The number of hydrogen-bond donors (Lipinski definition) is 0. The highest BCUT2D eigenvalue weighted by atomic mass is 16.5. The molecule has 0 N–H and O–H groups in total. The van der Waals surface area contributed by atoms with E-state index in [1.54, 1.807) is 0 Å². The fourth-order valence-corrected chi connectivity index (χ4v) is 6.00.